The van der Waals surface area contributed by atoms with Crippen LogP contribution in [0.5, 0.6) is 0 Å². The van der Waals surface area contributed by atoms with E-state index in [1.807, 2.05) is 25.7 Å². The Morgan fingerprint density at radius 1 is 1.62 bits per heavy atom. The quantitative estimate of drug-likeness (QED) is 0.771. The minimum atomic E-state index is 0.0360. The van der Waals surface area contributed by atoms with Gasteiger partial charge in [-0.2, -0.15) is 5.10 Å². The van der Waals surface area contributed by atoms with E-state index in [0.29, 0.717) is 18.7 Å². The smallest absolute Gasteiger partial charge is 0.257 e. The van der Waals surface area contributed by atoms with Crippen LogP contribution in [-0.4, -0.2) is 46.3 Å². The molecule has 2 atom stereocenters. The lowest BCUT2D eigenvalue weighted by atomic mass is 10.1. The molecule has 2 heterocycles. The number of nitrogens with zero attached hydrogens (tertiary/aromatic N) is 2. The number of morpholine rings is 1. The van der Waals surface area contributed by atoms with Crippen LogP contribution in [0.1, 0.15) is 29.9 Å². The number of rotatable bonds is 1. The molecule has 0 spiro atoms. The van der Waals surface area contributed by atoms with Gasteiger partial charge in [0.05, 0.1) is 30.5 Å². The van der Waals surface area contributed by atoms with E-state index >= 15 is 0 Å². The van der Waals surface area contributed by atoms with Crippen LogP contribution in [0.25, 0.3) is 0 Å². The van der Waals surface area contributed by atoms with E-state index < -0.39 is 0 Å². The molecular weight excluding hydrogens is 206 g/mol. The molecule has 16 heavy (non-hydrogen) atoms. The molecule has 5 heteroatoms. The number of hydrogen-bond donors (Lipinski definition) is 1. The highest BCUT2D eigenvalue weighted by atomic mass is 16.5. The van der Waals surface area contributed by atoms with E-state index in [9.17, 15) is 4.79 Å². The van der Waals surface area contributed by atoms with Gasteiger partial charge in [0.1, 0.15) is 0 Å². The molecule has 1 aliphatic rings. The van der Waals surface area contributed by atoms with Gasteiger partial charge < -0.3 is 9.64 Å². The van der Waals surface area contributed by atoms with Gasteiger partial charge in [0.15, 0.2) is 0 Å². The Bertz CT molecular complexity index is 388. The number of aromatic nitrogens is 2. The number of hydrogen-bond acceptors (Lipinski definition) is 3. The van der Waals surface area contributed by atoms with Gasteiger partial charge in [0.2, 0.25) is 0 Å². The zero-order valence-corrected chi connectivity index (χ0v) is 9.86. The summed E-state index contributed by atoms with van der Waals surface area (Å²) in [6, 6.07) is 0.123. The third-order valence-corrected chi connectivity index (χ3v) is 2.93. The Kier molecular flexibility index (Phi) is 2.96. The van der Waals surface area contributed by atoms with Crippen molar-refractivity contribution >= 4 is 5.91 Å². The summed E-state index contributed by atoms with van der Waals surface area (Å²) >= 11 is 0. The van der Waals surface area contributed by atoms with Crippen molar-refractivity contribution in [2.45, 2.75) is 32.9 Å². The SMILES string of the molecule is Cc1[nH]ncc1C(=O)N1CC(C)OCC1C. The van der Waals surface area contributed by atoms with Gasteiger partial charge in [-0.05, 0) is 20.8 Å². The maximum atomic E-state index is 12.2. The summed E-state index contributed by atoms with van der Waals surface area (Å²) in [6.45, 7) is 7.08. The molecule has 0 aliphatic carbocycles. The second-order valence-corrected chi connectivity index (χ2v) is 4.36. The summed E-state index contributed by atoms with van der Waals surface area (Å²) in [5, 5.41) is 6.66. The van der Waals surface area contributed by atoms with Gasteiger partial charge in [0.25, 0.3) is 5.91 Å². The molecule has 1 aliphatic heterocycles. The molecule has 2 rings (SSSR count). The van der Waals surface area contributed by atoms with Crippen molar-refractivity contribution in [1.82, 2.24) is 15.1 Å². The van der Waals surface area contributed by atoms with Gasteiger partial charge in [-0.25, -0.2) is 0 Å². The molecule has 88 valence electrons. The first kappa shape index (κ1) is 11.1. The molecule has 1 saturated heterocycles. The minimum Gasteiger partial charge on any atom is -0.375 e. The number of carbonyl (C=O) groups is 1. The zero-order chi connectivity index (χ0) is 11.7. The summed E-state index contributed by atoms with van der Waals surface area (Å²) in [6.07, 6.45) is 1.69. The first-order chi connectivity index (χ1) is 7.59. The lowest BCUT2D eigenvalue weighted by Gasteiger charge is -2.36. The predicted octanol–water partition coefficient (Wildman–Crippen LogP) is 0.968. The molecule has 1 amide bonds. The van der Waals surface area contributed by atoms with Crippen molar-refractivity contribution in [2.75, 3.05) is 13.2 Å². The summed E-state index contributed by atoms with van der Waals surface area (Å²) in [4.78, 5) is 14.1. The van der Waals surface area contributed by atoms with Crippen LogP contribution in [0.4, 0.5) is 0 Å². The van der Waals surface area contributed by atoms with Crippen molar-refractivity contribution in [1.29, 1.82) is 0 Å². The summed E-state index contributed by atoms with van der Waals surface area (Å²) in [7, 11) is 0. The fourth-order valence-electron chi connectivity index (χ4n) is 1.91. The van der Waals surface area contributed by atoms with Crippen LogP contribution >= 0.6 is 0 Å². The summed E-state index contributed by atoms with van der Waals surface area (Å²) in [5.74, 6) is 0.0360. The van der Waals surface area contributed by atoms with E-state index in [1.165, 1.54) is 0 Å². The van der Waals surface area contributed by atoms with Crippen LogP contribution in [-0.2, 0) is 4.74 Å². The first-order valence-electron chi connectivity index (χ1n) is 5.52. The highest BCUT2D eigenvalue weighted by Gasteiger charge is 2.29. The Balaban J connectivity index is 2.18. The predicted molar refractivity (Wildman–Crippen MR) is 59.2 cm³/mol. The Hall–Kier alpha value is -1.36. The second kappa shape index (κ2) is 4.25. The molecule has 1 aromatic heterocycles. The van der Waals surface area contributed by atoms with E-state index in [1.54, 1.807) is 6.20 Å². The fourth-order valence-corrected chi connectivity index (χ4v) is 1.91. The number of aryl methyl sites for hydroxylation is 1. The lowest BCUT2D eigenvalue weighted by molar-refractivity contribution is -0.0387. The van der Waals surface area contributed by atoms with Crippen LogP contribution < -0.4 is 0 Å². The Morgan fingerprint density at radius 2 is 2.38 bits per heavy atom. The van der Waals surface area contributed by atoms with Crippen molar-refractivity contribution in [3.05, 3.63) is 17.5 Å². The number of nitrogens with one attached hydrogen (secondary N) is 1. The van der Waals surface area contributed by atoms with E-state index in [4.69, 9.17) is 4.74 Å². The molecule has 1 N–H and O–H groups in total. The molecule has 1 fully saturated rings. The topological polar surface area (TPSA) is 58.2 Å². The monoisotopic (exact) mass is 223 g/mol. The molecule has 0 radical (unpaired) electrons. The van der Waals surface area contributed by atoms with E-state index in [0.717, 1.165) is 5.69 Å². The maximum absolute atomic E-state index is 12.2. The molecule has 5 nitrogen and oxygen atoms in total. The average Bonchev–Trinajstić information content (AvgIpc) is 2.67. The number of amides is 1. The number of ether oxygens (including phenoxy) is 1. The van der Waals surface area contributed by atoms with Crippen LogP contribution in [0.15, 0.2) is 6.20 Å². The van der Waals surface area contributed by atoms with Gasteiger partial charge in [-0.3, -0.25) is 9.89 Å². The summed E-state index contributed by atoms with van der Waals surface area (Å²) in [5.41, 5.74) is 1.47. The van der Waals surface area contributed by atoms with E-state index in [-0.39, 0.29) is 18.1 Å². The normalized spacial score (nSPS) is 25.8. The van der Waals surface area contributed by atoms with Gasteiger partial charge in [-0.15, -0.1) is 0 Å². The zero-order valence-electron chi connectivity index (χ0n) is 9.86. The molecular formula is C11H17N3O2. The third-order valence-electron chi connectivity index (χ3n) is 2.93. The van der Waals surface area contributed by atoms with E-state index in [2.05, 4.69) is 10.2 Å². The molecule has 0 aromatic carbocycles. The third kappa shape index (κ3) is 1.95. The lowest BCUT2D eigenvalue weighted by Crippen LogP contribution is -2.50. The van der Waals surface area contributed by atoms with Crippen molar-refractivity contribution in [3.8, 4) is 0 Å². The maximum Gasteiger partial charge on any atom is 0.257 e. The Morgan fingerprint density at radius 3 is 3.00 bits per heavy atom. The number of H-pyrrole nitrogens is 1. The van der Waals surface area contributed by atoms with Crippen LogP contribution in [0.2, 0.25) is 0 Å². The number of carbonyl (C=O) groups excluding carboxylic acids is 1. The Labute approximate surface area is 94.8 Å². The molecule has 2 unspecified atom stereocenters. The van der Waals surface area contributed by atoms with Crippen LogP contribution in [0, 0.1) is 6.92 Å². The second-order valence-electron chi connectivity index (χ2n) is 4.36. The van der Waals surface area contributed by atoms with Crippen LogP contribution in [0.3, 0.4) is 0 Å². The molecule has 0 saturated carbocycles. The first-order valence-corrected chi connectivity index (χ1v) is 5.52. The van der Waals surface area contributed by atoms with Gasteiger partial charge in [-0.1, -0.05) is 0 Å². The van der Waals surface area contributed by atoms with Crippen molar-refractivity contribution in [3.63, 3.8) is 0 Å². The summed E-state index contributed by atoms with van der Waals surface area (Å²) < 4.78 is 5.50. The fraction of sp³-hybridized carbons (Fsp3) is 0.636. The van der Waals surface area contributed by atoms with Gasteiger partial charge >= 0.3 is 0 Å². The molecule has 0 bridgehead atoms. The largest absolute Gasteiger partial charge is 0.375 e. The van der Waals surface area contributed by atoms with Crippen molar-refractivity contribution < 1.29 is 9.53 Å². The number of aromatic amines is 1. The standard InChI is InChI=1S/C11H17N3O2/c1-7-6-16-8(2)5-14(7)11(15)10-4-12-13-9(10)3/h4,7-8H,5-6H2,1-3H3,(H,12,13). The average molecular weight is 223 g/mol. The van der Waals surface area contributed by atoms with Gasteiger partial charge in [0, 0.05) is 12.2 Å². The highest BCUT2D eigenvalue weighted by molar-refractivity contribution is 5.95. The highest BCUT2D eigenvalue weighted by Crippen LogP contribution is 2.16. The van der Waals surface area contributed by atoms with Crippen molar-refractivity contribution in [2.24, 2.45) is 0 Å². The minimum absolute atomic E-state index is 0.0360. The molecule has 1 aromatic rings.